The molecule has 0 aliphatic carbocycles. The van der Waals surface area contributed by atoms with Gasteiger partial charge in [0.2, 0.25) is 0 Å². The number of para-hydroxylation sites is 2. The third-order valence-electron chi connectivity index (χ3n) is 4.98. The zero-order valence-electron chi connectivity index (χ0n) is 18.0. The van der Waals surface area contributed by atoms with Gasteiger partial charge in [-0.3, -0.25) is 9.59 Å². The predicted octanol–water partition coefficient (Wildman–Crippen LogP) is 5.07. The first-order valence-corrected chi connectivity index (χ1v) is 10.5. The summed E-state index contributed by atoms with van der Waals surface area (Å²) in [5, 5.41) is 2.93. The zero-order valence-corrected chi connectivity index (χ0v) is 18.0. The van der Waals surface area contributed by atoms with E-state index in [1.807, 2.05) is 48.5 Å². The third kappa shape index (κ3) is 5.72. The van der Waals surface area contributed by atoms with Gasteiger partial charge in [-0.2, -0.15) is 0 Å². The highest BCUT2D eigenvalue weighted by atomic mass is 16.5. The predicted molar refractivity (Wildman–Crippen MR) is 124 cm³/mol. The van der Waals surface area contributed by atoms with E-state index in [4.69, 9.17) is 4.74 Å². The van der Waals surface area contributed by atoms with Gasteiger partial charge < -0.3 is 15.0 Å². The van der Waals surface area contributed by atoms with Gasteiger partial charge in [0.25, 0.3) is 11.8 Å². The summed E-state index contributed by atoms with van der Waals surface area (Å²) < 4.78 is 5.82. The second kappa shape index (κ2) is 11.0. The lowest BCUT2D eigenvalue weighted by Gasteiger charge is -2.22. The van der Waals surface area contributed by atoms with Gasteiger partial charge in [-0.1, -0.05) is 67.9 Å². The van der Waals surface area contributed by atoms with Gasteiger partial charge in [-0.05, 0) is 36.2 Å². The molecular weight excluding hydrogens is 388 g/mol. The summed E-state index contributed by atoms with van der Waals surface area (Å²) in [6.45, 7) is 3.07. The van der Waals surface area contributed by atoms with Gasteiger partial charge in [0.1, 0.15) is 5.75 Å². The Kier molecular flexibility index (Phi) is 7.82. The van der Waals surface area contributed by atoms with Crippen LogP contribution in [0.2, 0.25) is 0 Å². The number of amides is 2. The first-order valence-electron chi connectivity index (χ1n) is 10.5. The Balaban J connectivity index is 1.79. The number of unbranched alkanes of at least 4 members (excludes halogenated alkanes) is 1. The van der Waals surface area contributed by atoms with E-state index < -0.39 is 0 Å². The highest BCUT2D eigenvalue weighted by Gasteiger charge is 2.22. The summed E-state index contributed by atoms with van der Waals surface area (Å²) in [5.74, 6) is 0.0980. The van der Waals surface area contributed by atoms with Crippen LogP contribution in [0.3, 0.4) is 0 Å². The fraction of sp³-hybridized carbons (Fsp3) is 0.231. The molecule has 0 fully saturated rings. The summed E-state index contributed by atoms with van der Waals surface area (Å²) in [7, 11) is 1.68. The SMILES string of the molecule is CCCCOc1ccccc1C(=O)N(C)c1ccccc1C(=O)NCc1ccccc1. The van der Waals surface area contributed by atoms with E-state index in [0.717, 1.165) is 18.4 Å². The van der Waals surface area contributed by atoms with Crippen LogP contribution in [-0.4, -0.2) is 25.5 Å². The Hall–Kier alpha value is -3.60. The number of hydrogen-bond acceptors (Lipinski definition) is 3. The molecule has 0 aliphatic rings. The smallest absolute Gasteiger partial charge is 0.261 e. The highest BCUT2D eigenvalue weighted by Crippen LogP contribution is 2.25. The average Bonchev–Trinajstić information content (AvgIpc) is 2.83. The number of hydrogen-bond donors (Lipinski definition) is 1. The van der Waals surface area contributed by atoms with Crippen molar-refractivity contribution < 1.29 is 14.3 Å². The van der Waals surface area contributed by atoms with Gasteiger partial charge in [0, 0.05) is 13.6 Å². The van der Waals surface area contributed by atoms with Crippen molar-refractivity contribution in [3.63, 3.8) is 0 Å². The molecule has 31 heavy (non-hydrogen) atoms. The Labute approximate surface area is 183 Å². The number of carbonyl (C=O) groups excluding carboxylic acids is 2. The van der Waals surface area contributed by atoms with Gasteiger partial charge in [-0.25, -0.2) is 0 Å². The van der Waals surface area contributed by atoms with Crippen molar-refractivity contribution in [2.75, 3.05) is 18.6 Å². The topological polar surface area (TPSA) is 58.6 Å². The van der Waals surface area contributed by atoms with E-state index in [1.165, 1.54) is 4.90 Å². The summed E-state index contributed by atoms with van der Waals surface area (Å²) in [4.78, 5) is 27.6. The van der Waals surface area contributed by atoms with E-state index in [0.29, 0.717) is 35.7 Å². The number of nitrogens with zero attached hydrogens (tertiary/aromatic N) is 1. The van der Waals surface area contributed by atoms with Gasteiger partial charge >= 0.3 is 0 Å². The number of carbonyl (C=O) groups is 2. The fourth-order valence-electron chi connectivity index (χ4n) is 3.22. The van der Waals surface area contributed by atoms with Crippen LogP contribution in [0.5, 0.6) is 5.75 Å². The maximum absolute atomic E-state index is 13.3. The van der Waals surface area contributed by atoms with Crippen LogP contribution in [0.25, 0.3) is 0 Å². The first kappa shape index (κ1) is 22.1. The maximum Gasteiger partial charge on any atom is 0.261 e. The van der Waals surface area contributed by atoms with E-state index in [2.05, 4.69) is 12.2 Å². The molecule has 0 heterocycles. The van der Waals surface area contributed by atoms with Crippen molar-refractivity contribution in [2.45, 2.75) is 26.3 Å². The molecule has 0 spiro atoms. The maximum atomic E-state index is 13.3. The van der Waals surface area contributed by atoms with Crippen LogP contribution < -0.4 is 15.0 Å². The van der Waals surface area contributed by atoms with Crippen LogP contribution in [0.15, 0.2) is 78.9 Å². The average molecular weight is 417 g/mol. The number of nitrogens with one attached hydrogen (secondary N) is 1. The summed E-state index contributed by atoms with van der Waals surface area (Å²) >= 11 is 0. The lowest BCUT2D eigenvalue weighted by Crippen LogP contribution is -2.31. The molecule has 3 aromatic carbocycles. The Morgan fingerprint density at radius 1 is 0.871 bits per heavy atom. The van der Waals surface area contributed by atoms with E-state index >= 15 is 0 Å². The summed E-state index contributed by atoms with van der Waals surface area (Å²) in [5.41, 5.74) is 2.47. The summed E-state index contributed by atoms with van der Waals surface area (Å²) in [6, 6.07) is 24.0. The van der Waals surface area contributed by atoms with Crippen molar-refractivity contribution in [1.29, 1.82) is 0 Å². The second-order valence-electron chi connectivity index (χ2n) is 7.25. The number of ether oxygens (including phenoxy) is 1. The lowest BCUT2D eigenvalue weighted by molar-refractivity contribution is 0.0951. The molecule has 5 heteroatoms. The Morgan fingerprint density at radius 3 is 2.26 bits per heavy atom. The zero-order chi connectivity index (χ0) is 22.1. The van der Waals surface area contributed by atoms with Crippen molar-refractivity contribution in [2.24, 2.45) is 0 Å². The van der Waals surface area contributed by atoms with Gasteiger partial charge in [0.05, 0.1) is 23.4 Å². The van der Waals surface area contributed by atoms with Crippen molar-refractivity contribution in [3.05, 3.63) is 95.6 Å². The largest absolute Gasteiger partial charge is 0.493 e. The fourth-order valence-corrected chi connectivity index (χ4v) is 3.22. The standard InChI is InChI=1S/C26H28N2O3/c1-3-4-18-31-24-17-11-9-15-22(24)26(30)28(2)23-16-10-8-14-21(23)25(29)27-19-20-12-6-5-7-13-20/h5-17H,3-4,18-19H2,1-2H3,(H,27,29). The molecule has 0 aromatic heterocycles. The van der Waals surface area contributed by atoms with Crippen molar-refractivity contribution in [1.82, 2.24) is 5.32 Å². The van der Waals surface area contributed by atoms with Crippen molar-refractivity contribution >= 4 is 17.5 Å². The van der Waals surface area contributed by atoms with Gasteiger partial charge in [0.15, 0.2) is 0 Å². The van der Waals surface area contributed by atoms with E-state index in [-0.39, 0.29) is 11.8 Å². The van der Waals surface area contributed by atoms with Gasteiger partial charge in [-0.15, -0.1) is 0 Å². The van der Waals surface area contributed by atoms with E-state index in [9.17, 15) is 9.59 Å². The minimum absolute atomic E-state index is 0.226. The molecule has 1 N–H and O–H groups in total. The lowest BCUT2D eigenvalue weighted by atomic mass is 10.1. The second-order valence-corrected chi connectivity index (χ2v) is 7.25. The molecule has 5 nitrogen and oxygen atoms in total. The normalized spacial score (nSPS) is 10.4. The number of rotatable bonds is 9. The third-order valence-corrected chi connectivity index (χ3v) is 4.98. The molecule has 0 saturated carbocycles. The number of benzene rings is 3. The minimum Gasteiger partial charge on any atom is -0.493 e. The molecule has 0 unspecified atom stereocenters. The van der Waals surface area contributed by atoms with Crippen LogP contribution in [0, 0.1) is 0 Å². The molecule has 0 saturated heterocycles. The first-order chi connectivity index (χ1) is 15.1. The molecule has 2 amide bonds. The molecule has 3 aromatic rings. The molecular formula is C26H28N2O3. The Morgan fingerprint density at radius 2 is 1.52 bits per heavy atom. The Bertz CT molecular complexity index is 1020. The molecule has 0 aliphatic heterocycles. The van der Waals surface area contributed by atoms with Crippen LogP contribution in [0.4, 0.5) is 5.69 Å². The molecule has 160 valence electrons. The number of anilines is 1. The van der Waals surface area contributed by atoms with Crippen LogP contribution in [0.1, 0.15) is 46.0 Å². The van der Waals surface area contributed by atoms with Crippen LogP contribution in [-0.2, 0) is 6.54 Å². The minimum atomic E-state index is -0.230. The summed E-state index contributed by atoms with van der Waals surface area (Å²) in [6.07, 6.45) is 1.93. The molecule has 0 bridgehead atoms. The highest BCUT2D eigenvalue weighted by molar-refractivity contribution is 6.11. The van der Waals surface area contributed by atoms with Crippen LogP contribution >= 0.6 is 0 Å². The quantitative estimate of drug-likeness (QED) is 0.495. The van der Waals surface area contributed by atoms with E-state index in [1.54, 1.807) is 37.4 Å². The molecule has 0 atom stereocenters. The molecule has 3 rings (SSSR count). The van der Waals surface area contributed by atoms with Crippen molar-refractivity contribution in [3.8, 4) is 5.75 Å². The monoisotopic (exact) mass is 416 g/mol. The molecule has 0 radical (unpaired) electrons.